The van der Waals surface area contributed by atoms with Crippen molar-refractivity contribution >= 4 is 12.0 Å². The molecule has 2 N–H and O–H groups in total. The fourth-order valence-electron chi connectivity index (χ4n) is 2.92. The molecule has 0 saturated heterocycles. The Hall–Kier alpha value is -3.01. The van der Waals surface area contributed by atoms with Gasteiger partial charge in [0.2, 0.25) is 0 Å². The second-order valence-corrected chi connectivity index (χ2v) is 6.38. The number of phenolic OH excluding ortho intramolecular Hbond substituents is 2. The number of hydrogen-bond donors (Lipinski definition) is 2. The third kappa shape index (κ3) is 3.74. The zero-order valence-corrected chi connectivity index (χ0v) is 14.2. The Labute approximate surface area is 146 Å². The van der Waals surface area contributed by atoms with E-state index in [0.29, 0.717) is 17.8 Å². The van der Waals surface area contributed by atoms with E-state index in [4.69, 9.17) is 4.74 Å². The Morgan fingerprint density at radius 2 is 1.52 bits per heavy atom. The monoisotopic (exact) mass is 336 g/mol. The normalized spacial score (nSPS) is 16.0. The quantitative estimate of drug-likeness (QED) is 0.822. The maximum Gasteiger partial charge on any atom is 0.340 e. The van der Waals surface area contributed by atoms with Gasteiger partial charge in [-0.3, -0.25) is 0 Å². The lowest BCUT2D eigenvalue weighted by molar-refractivity contribution is -0.133. The lowest BCUT2D eigenvalue weighted by atomic mass is 9.92. The molecule has 3 rings (SSSR count). The molecule has 0 atom stereocenters. The number of aromatic hydroxyl groups is 2. The Balaban J connectivity index is 1.98. The van der Waals surface area contributed by atoms with Crippen molar-refractivity contribution < 1.29 is 19.7 Å². The molecule has 128 valence electrons. The first-order chi connectivity index (χ1) is 11.9. The van der Waals surface area contributed by atoms with Gasteiger partial charge in [-0.2, -0.15) is 0 Å². The van der Waals surface area contributed by atoms with Crippen LogP contribution in [0.15, 0.2) is 65.4 Å². The average Bonchev–Trinajstić information content (AvgIpc) is 2.87. The molecular weight excluding hydrogens is 316 g/mol. The minimum Gasteiger partial charge on any atom is -0.508 e. The van der Waals surface area contributed by atoms with E-state index in [1.165, 1.54) is 0 Å². The molecule has 0 bridgehead atoms. The molecule has 4 heteroatoms. The fourth-order valence-corrected chi connectivity index (χ4v) is 2.92. The molecule has 1 heterocycles. The van der Waals surface area contributed by atoms with Crippen molar-refractivity contribution in [1.82, 2.24) is 0 Å². The van der Waals surface area contributed by atoms with Crippen LogP contribution < -0.4 is 0 Å². The number of esters is 1. The van der Waals surface area contributed by atoms with Crippen molar-refractivity contribution in [3.8, 4) is 11.5 Å². The molecule has 0 saturated carbocycles. The van der Waals surface area contributed by atoms with Crippen molar-refractivity contribution in [2.24, 2.45) is 5.92 Å². The first-order valence-corrected chi connectivity index (χ1v) is 8.18. The number of phenols is 2. The lowest BCUT2D eigenvalue weighted by Gasteiger charge is -2.09. The third-order valence-corrected chi connectivity index (χ3v) is 4.13. The summed E-state index contributed by atoms with van der Waals surface area (Å²) in [6.07, 6.45) is 2.27. The molecule has 0 aromatic heterocycles. The van der Waals surface area contributed by atoms with Crippen LogP contribution in [0.5, 0.6) is 11.5 Å². The summed E-state index contributed by atoms with van der Waals surface area (Å²) < 4.78 is 5.51. The van der Waals surface area contributed by atoms with E-state index in [1.54, 1.807) is 48.5 Å². The predicted octanol–water partition coefficient (Wildman–Crippen LogP) is 4.19. The van der Waals surface area contributed by atoms with Crippen LogP contribution in [0.25, 0.3) is 6.08 Å². The van der Waals surface area contributed by atoms with Gasteiger partial charge in [-0.25, -0.2) is 4.79 Å². The van der Waals surface area contributed by atoms with Gasteiger partial charge in [0.15, 0.2) is 0 Å². The summed E-state index contributed by atoms with van der Waals surface area (Å²) in [5.41, 5.74) is 3.33. The number of ether oxygens (including phenoxy) is 1. The van der Waals surface area contributed by atoms with E-state index >= 15 is 0 Å². The smallest absolute Gasteiger partial charge is 0.340 e. The fraction of sp³-hybridized carbons (Fsp3) is 0.190. The van der Waals surface area contributed by atoms with Crippen LogP contribution in [0.3, 0.4) is 0 Å². The maximum atomic E-state index is 12.4. The topological polar surface area (TPSA) is 66.8 Å². The molecule has 0 aliphatic carbocycles. The minimum absolute atomic E-state index is 0.127. The minimum atomic E-state index is -0.332. The summed E-state index contributed by atoms with van der Waals surface area (Å²) >= 11 is 0. The molecule has 0 spiro atoms. The van der Waals surface area contributed by atoms with Crippen LogP contribution in [-0.2, 0) is 16.0 Å². The Morgan fingerprint density at radius 3 is 2.08 bits per heavy atom. The number of cyclic esters (lactones) is 1. The number of rotatable bonds is 4. The SMILES string of the molecule is CC(C)C1=C(Cc2ccc(O)cc2)C(=O)O/C1=C\c1ccc(O)cc1. The van der Waals surface area contributed by atoms with Gasteiger partial charge in [-0.1, -0.05) is 38.1 Å². The summed E-state index contributed by atoms with van der Waals surface area (Å²) in [5.74, 6) is 0.741. The van der Waals surface area contributed by atoms with Crippen molar-refractivity contribution in [3.63, 3.8) is 0 Å². The molecule has 1 aliphatic rings. The van der Waals surface area contributed by atoms with Crippen LogP contribution in [0.2, 0.25) is 0 Å². The highest BCUT2D eigenvalue weighted by Gasteiger charge is 2.31. The van der Waals surface area contributed by atoms with E-state index in [9.17, 15) is 15.0 Å². The summed E-state index contributed by atoms with van der Waals surface area (Å²) in [6.45, 7) is 4.05. The van der Waals surface area contributed by atoms with Crippen LogP contribution >= 0.6 is 0 Å². The van der Waals surface area contributed by atoms with Gasteiger partial charge in [0.25, 0.3) is 0 Å². The molecule has 0 unspecified atom stereocenters. The van der Waals surface area contributed by atoms with Crippen LogP contribution in [0.1, 0.15) is 25.0 Å². The van der Waals surface area contributed by atoms with E-state index < -0.39 is 0 Å². The molecule has 2 aromatic carbocycles. The predicted molar refractivity (Wildman–Crippen MR) is 95.9 cm³/mol. The van der Waals surface area contributed by atoms with Gasteiger partial charge in [0.05, 0.1) is 0 Å². The van der Waals surface area contributed by atoms with E-state index in [1.807, 2.05) is 19.9 Å². The first-order valence-electron chi connectivity index (χ1n) is 8.18. The molecular formula is C21H20O4. The lowest BCUT2D eigenvalue weighted by Crippen LogP contribution is -2.03. The second kappa shape index (κ2) is 6.85. The van der Waals surface area contributed by atoms with Gasteiger partial charge in [0, 0.05) is 17.6 Å². The van der Waals surface area contributed by atoms with Gasteiger partial charge in [-0.05, 0) is 47.4 Å². The van der Waals surface area contributed by atoms with Gasteiger partial charge < -0.3 is 14.9 Å². The van der Waals surface area contributed by atoms with Crippen LogP contribution in [0, 0.1) is 5.92 Å². The van der Waals surface area contributed by atoms with Crippen molar-refractivity contribution in [3.05, 3.63) is 76.6 Å². The average molecular weight is 336 g/mol. The van der Waals surface area contributed by atoms with E-state index in [0.717, 1.165) is 16.7 Å². The Kier molecular flexibility index (Phi) is 4.61. The largest absolute Gasteiger partial charge is 0.508 e. The van der Waals surface area contributed by atoms with E-state index in [2.05, 4.69) is 0 Å². The van der Waals surface area contributed by atoms with Crippen LogP contribution in [-0.4, -0.2) is 16.2 Å². The highest BCUT2D eigenvalue weighted by Crippen LogP contribution is 2.35. The molecule has 25 heavy (non-hydrogen) atoms. The highest BCUT2D eigenvalue weighted by molar-refractivity contribution is 5.96. The number of allylic oxidation sites excluding steroid dienone is 1. The van der Waals surface area contributed by atoms with Crippen molar-refractivity contribution in [1.29, 1.82) is 0 Å². The van der Waals surface area contributed by atoms with Gasteiger partial charge in [0.1, 0.15) is 17.3 Å². The molecule has 2 aromatic rings. The maximum absolute atomic E-state index is 12.4. The highest BCUT2D eigenvalue weighted by atomic mass is 16.5. The molecule has 0 radical (unpaired) electrons. The third-order valence-electron chi connectivity index (χ3n) is 4.13. The Morgan fingerprint density at radius 1 is 0.960 bits per heavy atom. The van der Waals surface area contributed by atoms with E-state index in [-0.39, 0.29) is 23.4 Å². The Bertz CT molecular complexity index is 840. The van der Waals surface area contributed by atoms with Crippen molar-refractivity contribution in [2.45, 2.75) is 20.3 Å². The molecule has 0 amide bonds. The number of carbonyl (C=O) groups is 1. The molecule has 0 fully saturated rings. The molecule has 4 nitrogen and oxygen atoms in total. The standard InChI is InChI=1S/C21H20O4/c1-13(2)20-18(11-14-3-7-16(22)8-4-14)21(24)25-19(20)12-15-5-9-17(23)10-6-15/h3-10,12-13,22-23H,11H2,1-2H3/b19-12-. The number of carbonyl (C=O) groups excluding carboxylic acids is 1. The first kappa shape index (κ1) is 16.8. The van der Waals surface area contributed by atoms with Crippen LogP contribution in [0.4, 0.5) is 0 Å². The zero-order chi connectivity index (χ0) is 18.0. The summed E-state index contributed by atoms with van der Waals surface area (Å²) in [6, 6.07) is 13.6. The zero-order valence-electron chi connectivity index (χ0n) is 14.2. The summed E-state index contributed by atoms with van der Waals surface area (Å²) in [5, 5.41) is 18.8. The van der Waals surface area contributed by atoms with Gasteiger partial charge in [-0.15, -0.1) is 0 Å². The molecule has 1 aliphatic heterocycles. The number of hydrogen-bond acceptors (Lipinski definition) is 4. The summed E-state index contributed by atoms with van der Waals surface area (Å²) in [7, 11) is 0. The second-order valence-electron chi connectivity index (χ2n) is 6.38. The van der Waals surface area contributed by atoms with Crippen molar-refractivity contribution in [2.75, 3.05) is 0 Å². The number of benzene rings is 2. The van der Waals surface area contributed by atoms with Gasteiger partial charge >= 0.3 is 5.97 Å². The summed E-state index contributed by atoms with van der Waals surface area (Å²) in [4.78, 5) is 12.4.